The van der Waals surface area contributed by atoms with Gasteiger partial charge in [0.05, 0.1) is 16.7 Å². The molecular formula is C20H21N3O3S. The molecule has 3 aromatic rings. The van der Waals surface area contributed by atoms with Crippen molar-refractivity contribution in [2.24, 2.45) is 0 Å². The van der Waals surface area contributed by atoms with E-state index in [0.29, 0.717) is 23.7 Å². The first-order chi connectivity index (χ1) is 13.1. The molecule has 7 heteroatoms. The summed E-state index contributed by atoms with van der Waals surface area (Å²) in [5.41, 5.74) is 4.71. The van der Waals surface area contributed by atoms with Crippen molar-refractivity contribution in [3.8, 4) is 16.2 Å². The van der Waals surface area contributed by atoms with E-state index in [4.69, 9.17) is 9.57 Å². The van der Waals surface area contributed by atoms with E-state index in [1.165, 1.54) is 11.3 Å². The van der Waals surface area contributed by atoms with Crippen LogP contribution in [0, 0.1) is 0 Å². The summed E-state index contributed by atoms with van der Waals surface area (Å²) in [5.74, 6) is 1.01. The van der Waals surface area contributed by atoms with Gasteiger partial charge in [0.1, 0.15) is 5.75 Å². The minimum absolute atomic E-state index is 0.154. The van der Waals surface area contributed by atoms with E-state index in [1.807, 2.05) is 67.2 Å². The quantitative estimate of drug-likeness (QED) is 0.612. The van der Waals surface area contributed by atoms with Crippen LogP contribution in [0.3, 0.4) is 0 Å². The summed E-state index contributed by atoms with van der Waals surface area (Å²) in [6.45, 7) is 4.02. The first-order valence-electron chi connectivity index (χ1n) is 8.95. The lowest BCUT2D eigenvalue weighted by Crippen LogP contribution is -2.25. The minimum Gasteiger partial charge on any atom is -0.491 e. The average Bonchev–Trinajstić information content (AvgIpc) is 3.31. The number of fused-ring (bicyclic) bond motifs is 1. The third-order valence-electron chi connectivity index (χ3n) is 4.29. The Kier molecular flexibility index (Phi) is 4.96. The van der Waals surface area contributed by atoms with Gasteiger partial charge in [-0.15, -0.1) is 0 Å². The first-order valence-corrected chi connectivity index (χ1v) is 9.76. The number of ether oxygens (including phenoxy) is 1. The number of aromatic nitrogens is 2. The Morgan fingerprint density at radius 1 is 1.26 bits per heavy atom. The molecule has 1 aliphatic rings. The maximum absolute atomic E-state index is 11.9. The van der Waals surface area contributed by atoms with Gasteiger partial charge in [-0.1, -0.05) is 11.3 Å². The van der Waals surface area contributed by atoms with Gasteiger partial charge in [-0.2, -0.15) is 0 Å². The fourth-order valence-corrected chi connectivity index (χ4v) is 3.82. The zero-order valence-corrected chi connectivity index (χ0v) is 16.0. The number of Topliss-reactive ketones (excluding diaryl/α,β-unsaturated/α-hetero) is 1. The molecular weight excluding hydrogens is 362 g/mol. The molecule has 0 radical (unpaired) electrons. The van der Waals surface area contributed by atoms with Gasteiger partial charge in [0, 0.05) is 25.2 Å². The Morgan fingerprint density at radius 3 is 2.85 bits per heavy atom. The molecule has 4 rings (SSSR count). The molecule has 1 N–H and O–H groups in total. The van der Waals surface area contributed by atoms with Gasteiger partial charge >= 0.3 is 0 Å². The molecule has 1 unspecified atom stereocenters. The monoisotopic (exact) mass is 383 g/mol. The highest BCUT2D eigenvalue weighted by Crippen LogP contribution is 2.32. The Hall–Kier alpha value is -2.64. The van der Waals surface area contributed by atoms with Crippen LogP contribution in [0.25, 0.3) is 10.4 Å². The van der Waals surface area contributed by atoms with Gasteiger partial charge in [-0.05, 0) is 55.8 Å². The van der Waals surface area contributed by atoms with Crippen molar-refractivity contribution in [3.63, 3.8) is 0 Å². The summed E-state index contributed by atoms with van der Waals surface area (Å²) in [4.78, 5) is 23.1. The van der Waals surface area contributed by atoms with Gasteiger partial charge in [-0.25, -0.2) is 15.3 Å². The van der Waals surface area contributed by atoms with Crippen molar-refractivity contribution in [1.82, 2.24) is 9.55 Å². The molecule has 0 aliphatic carbocycles. The van der Waals surface area contributed by atoms with Gasteiger partial charge in [0.2, 0.25) is 5.13 Å². The fraction of sp³-hybridized carbons (Fsp3) is 0.300. The number of thiazole rings is 1. The van der Waals surface area contributed by atoms with E-state index >= 15 is 0 Å². The van der Waals surface area contributed by atoms with E-state index in [9.17, 15) is 4.79 Å². The first kappa shape index (κ1) is 17.8. The van der Waals surface area contributed by atoms with E-state index in [2.05, 4.69) is 10.5 Å². The van der Waals surface area contributed by atoms with Crippen molar-refractivity contribution in [1.29, 1.82) is 0 Å². The third-order valence-corrected chi connectivity index (χ3v) is 5.23. The molecule has 0 fully saturated rings. The average molecular weight is 383 g/mol. The van der Waals surface area contributed by atoms with Gasteiger partial charge in [-0.3, -0.25) is 4.79 Å². The van der Waals surface area contributed by atoms with Crippen LogP contribution in [-0.2, 0) is 4.84 Å². The fourth-order valence-electron chi connectivity index (χ4n) is 3.06. The van der Waals surface area contributed by atoms with Crippen molar-refractivity contribution in [2.75, 3.05) is 5.48 Å². The predicted molar refractivity (Wildman–Crippen MR) is 105 cm³/mol. The SMILES string of the molecule is CC(C)Oc1ccc(-c2cnc(NOC3CCC(=O)c4cccn43)s2)cc1. The summed E-state index contributed by atoms with van der Waals surface area (Å²) in [5, 5.41) is 0.679. The van der Waals surface area contributed by atoms with Crippen molar-refractivity contribution >= 4 is 22.3 Å². The molecule has 1 atom stereocenters. The lowest BCUT2D eigenvalue weighted by atomic mass is 10.1. The molecule has 1 aromatic carbocycles. The van der Waals surface area contributed by atoms with Crippen molar-refractivity contribution < 1.29 is 14.4 Å². The topological polar surface area (TPSA) is 65.4 Å². The third kappa shape index (κ3) is 3.89. The van der Waals surface area contributed by atoms with Crippen LogP contribution in [0.15, 0.2) is 48.8 Å². The number of ketones is 1. The predicted octanol–water partition coefficient (Wildman–Crippen LogP) is 4.92. The van der Waals surface area contributed by atoms with Crippen LogP contribution >= 0.6 is 11.3 Å². The molecule has 3 heterocycles. The maximum Gasteiger partial charge on any atom is 0.207 e. The molecule has 0 saturated carbocycles. The molecule has 2 aromatic heterocycles. The number of nitrogens with zero attached hydrogens (tertiary/aromatic N) is 2. The molecule has 6 nitrogen and oxygen atoms in total. The second-order valence-corrected chi connectivity index (χ2v) is 7.69. The second kappa shape index (κ2) is 7.54. The van der Waals surface area contributed by atoms with Crippen LogP contribution in [0.1, 0.15) is 43.4 Å². The van der Waals surface area contributed by atoms with E-state index < -0.39 is 0 Å². The van der Waals surface area contributed by atoms with Gasteiger partial charge < -0.3 is 9.30 Å². The maximum atomic E-state index is 11.9. The van der Waals surface area contributed by atoms with E-state index in [1.54, 1.807) is 0 Å². The Bertz CT molecular complexity index is 930. The Balaban J connectivity index is 1.40. The summed E-state index contributed by atoms with van der Waals surface area (Å²) >= 11 is 1.51. The zero-order chi connectivity index (χ0) is 18.8. The number of rotatable bonds is 6. The summed E-state index contributed by atoms with van der Waals surface area (Å²) in [6.07, 6.45) is 4.76. The normalized spacial score (nSPS) is 16.4. The lowest BCUT2D eigenvalue weighted by molar-refractivity contribution is 0.0234. The van der Waals surface area contributed by atoms with Crippen molar-refractivity contribution in [2.45, 2.75) is 39.0 Å². The van der Waals surface area contributed by atoms with E-state index in [0.717, 1.165) is 16.2 Å². The highest BCUT2D eigenvalue weighted by molar-refractivity contribution is 7.18. The molecule has 0 amide bonds. The summed E-state index contributed by atoms with van der Waals surface area (Å²) in [7, 11) is 0. The van der Waals surface area contributed by atoms with Crippen LogP contribution < -0.4 is 10.2 Å². The van der Waals surface area contributed by atoms with Crippen LogP contribution in [-0.4, -0.2) is 21.4 Å². The molecule has 0 saturated heterocycles. The number of benzene rings is 1. The standard InChI is InChI=1S/C20H21N3O3S/c1-13(2)25-15-7-5-14(6-8-15)18-12-21-20(27-18)22-26-19-10-9-17(24)16-4-3-11-23(16)19/h3-8,11-13,19H,9-10H2,1-2H3,(H,21,22). The number of carbonyl (C=O) groups is 1. The molecule has 140 valence electrons. The number of nitrogens with one attached hydrogen (secondary N) is 1. The van der Waals surface area contributed by atoms with Crippen molar-refractivity contribution in [3.05, 3.63) is 54.5 Å². The largest absolute Gasteiger partial charge is 0.491 e. The second-order valence-electron chi connectivity index (χ2n) is 6.66. The lowest BCUT2D eigenvalue weighted by Gasteiger charge is -2.24. The zero-order valence-electron chi connectivity index (χ0n) is 15.2. The summed E-state index contributed by atoms with van der Waals surface area (Å²) < 4.78 is 7.54. The Morgan fingerprint density at radius 2 is 2.07 bits per heavy atom. The molecule has 1 aliphatic heterocycles. The van der Waals surface area contributed by atoms with Gasteiger partial charge in [0.15, 0.2) is 12.0 Å². The number of hydrogen-bond donors (Lipinski definition) is 1. The van der Waals surface area contributed by atoms with Crippen LogP contribution in [0.5, 0.6) is 5.75 Å². The molecule has 0 bridgehead atoms. The van der Waals surface area contributed by atoms with Gasteiger partial charge in [0.25, 0.3) is 0 Å². The highest BCUT2D eigenvalue weighted by Gasteiger charge is 2.25. The minimum atomic E-state index is -0.215. The number of carbonyl (C=O) groups excluding carboxylic acids is 1. The number of hydrogen-bond acceptors (Lipinski definition) is 6. The molecule has 27 heavy (non-hydrogen) atoms. The van der Waals surface area contributed by atoms with Crippen LogP contribution in [0.2, 0.25) is 0 Å². The summed E-state index contributed by atoms with van der Waals surface area (Å²) in [6, 6.07) is 11.7. The Labute approximate surface area is 161 Å². The smallest absolute Gasteiger partial charge is 0.207 e. The number of anilines is 1. The molecule has 0 spiro atoms. The van der Waals surface area contributed by atoms with Crippen LogP contribution in [0.4, 0.5) is 5.13 Å². The van der Waals surface area contributed by atoms with E-state index in [-0.39, 0.29) is 18.1 Å². The highest BCUT2D eigenvalue weighted by atomic mass is 32.1.